The van der Waals surface area contributed by atoms with Gasteiger partial charge in [-0.05, 0) is 32.0 Å². The first-order valence-electron chi connectivity index (χ1n) is 5.81. The van der Waals surface area contributed by atoms with E-state index in [9.17, 15) is 4.39 Å². The predicted octanol–water partition coefficient (Wildman–Crippen LogP) is 1.88. The minimum Gasteiger partial charge on any atom is -0.368 e. The summed E-state index contributed by atoms with van der Waals surface area (Å²) in [5, 5.41) is 12.1. The summed E-state index contributed by atoms with van der Waals surface area (Å²) < 4.78 is 13.5. The standard InChI is InChI=1S/C13H16FN3/c1-9-7-17(8-10(2)16-9)12-4-3-11(6-15)13(14)5-12/h3-5,9-10,16H,7-8H2,1-2H3. The summed E-state index contributed by atoms with van der Waals surface area (Å²) >= 11 is 0. The molecule has 1 saturated heterocycles. The molecule has 1 aromatic rings. The fourth-order valence-corrected chi connectivity index (χ4v) is 2.33. The van der Waals surface area contributed by atoms with Crippen molar-refractivity contribution in [2.75, 3.05) is 18.0 Å². The summed E-state index contributed by atoms with van der Waals surface area (Å²) in [5.74, 6) is -0.441. The third kappa shape index (κ3) is 2.56. The molecule has 2 atom stereocenters. The maximum atomic E-state index is 13.5. The van der Waals surface area contributed by atoms with Gasteiger partial charge in [0.1, 0.15) is 11.9 Å². The van der Waals surface area contributed by atoms with Crippen LogP contribution in [0.3, 0.4) is 0 Å². The van der Waals surface area contributed by atoms with Crippen molar-refractivity contribution in [1.82, 2.24) is 5.32 Å². The Labute approximate surface area is 101 Å². The smallest absolute Gasteiger partial charge is 0.143 e. The van der Waals surface area contributed by atoms with Crippen molar-refractivity contribution in [3.05, 3.63) is 29.6 Å². The molecule has 0 amide bonds. The van der Waals surface area contributed by atoms with Crippen LogP contribution in [0.5, 0.6) is 0 Å². The van der Waals surface area contributed by atoms with Gasteiger partial charge in [0.25, 0.3) is 0 Å². The summed E-state index contributed by atoms with van der Waals surface area (Å²) in [6.07, 6.45) is 0. The van der Waals surface area contributed by atoms with E-state index in [4.69, 9.17) is 5.26 Å². The lowest BCUT2D eigenvalue weighted by Gasteiger charge is -2.37. The van der Waals surface area contributed by atoms with Gasteiger partial charge >= 0.3 is 0 Å². The maximum Gasteiger partial charge on any atom is 0.143 e. The summed E-state index contributed by atoms with van der Waals surface area (Å²) in [4.78, 5) is 2.15. The van der Waals surface area contributed by atoms with Crippen molar-refractivity contribution in [3.8, 4) is 6.07 Å². The molecule has 2 unspecified atom stereocenters. The Bertz CT molecular complexity index is 442. The molecule has 0 aliphatic carbocycles. The van der Waals surface area contributed by atoms with Gasteiger partial charge in [-0.3, -0.25) is 0 Å². The zero-order chi connectivity index (χ0) is 12.4. The molecule has 1 aliphatic heterocycles. The second kappa shape index (κ2) is 4.72. The molecule has 0 aromatic heterocycles. The molecule has 1 fully saturated rings. The second-order valence-electron chi connectivity index (χ2n) is 4.65. The molecule has 1 heterocycles. The molecule has 90 valence electrons. The third-order valence-electron chi connectivity index (χ3n) is 3.00. The van der Waals surface area contributed by atoms with E-state index in [1.54, 1.807) is 6.07 Å². The number of anilines is 1. The maximum absolute atomic E-state index is 13.5. The number of nitrogens with one attached hydrogen (secondary N) is 1. The molecule has 17 heavy (non-hydrogen) atoms. The van der Waals surface area contributed by atoms with E-state index in [1.807, 2.05) is 12.1 Å². The van der Waals surface area contributed by atoms with Gasteiger partial charge in [0.2, 0.25) is 0 Å². The molecular formula is C13H16FN3. The van der Waals surface area contributed by atoms with E-state index < -0.39 is 5.82 Å². The lowest BCUT2D eigenvalue weighted by molar-refractivity contribution is 0.406. The van der Waals surface area contributed by atoms with Gasteiger partial charge in [-0.2, -0.15) is 5.26 Å². The van der Waals surface area contributed by atoms with Crippen LogP contribution >= 0.6 is 0 Å². The lowest BCUT2D eigenvalue weighted by Crippen LogP contribution is -2.54. The number of rotatable bonds is 1. The highest BCUT2D eigenvalue weighted by molar-refractivity contribution is 5.51. The highest BCUT2D eigenvalue weighted by Crippen LogP contribution is 2.20. The number of halogens is 1. The highest BCUT2D eigenvalue weighted by atomic mass is 19.1. The molecule has 4 heteroatoms. The molecule has 1 N–H and O–H groups in total. The first-order chi connectivity index (χ1) is 8.10. The summed E-state index contributed by atoms with van der Waals surface area (Å²) in [6.45, 7) is 5.94. The summed E-state index contributed by atoms with van der Waals surface area (Å²) in [7, 11) is 0. The Hall–Kier alpha value is -1.60. The Morgan fingerprint density at radius 2 is 2.00 bits per heavy atom. The van der Waals surface area contributed by atoms with Gasteiger partial charge in [0, 0.05) is 30.9 Å². The number of hydrogen-bond donors (Lipinski definition) is 1. The van der Waals surface area contributed by atoms with Crippen LogP contribution in [0.25, 0.3) is 0 Å². The summed E-state index contributed by atoms with van der Waals surface area (Å²) in [6, 6.07) is 7.41. The van der Waals surface area contributed by atoms with Gasteiger partial charge in [0.05, 0.1) is 5.56 Å². The first kappa shape index (κ1) is 11.9. The van der Waals surface area contributed by atoms with Crippen LogP contribution in [0.1, 0.15) is 19.4 Å². The van der Waals surface area contributed by atoms with Crippen molar-refractivity contribution < 1.29 is 4.39 Å². The molecule has 0 saturated carbocycles. The molecule has 0 radical (unpaired) electrons. The topological polar surface area (TPSA) is 39.1 Å². The van der Waals surface area contributed by atoms with Gasteiger partial charge < -0.3 is 10.2 Å². The van der Waals surface area contributed by atoms with E-state index >= 15 is 0 Å². The van der Waals surface area contributed by atoms with Crippen LogP contribution in [0.4, 0.5) is 10.1 Å². The van der Waals surface area contributed by atoms with Crippen LogP contribution in [-0.4, -0.2) is 25.2 Å². The second-order valence-corrected chi connectivity index (χ2v) is 4.65. The number of nitriles is 1. The first-order valence-corrected chi connectivity index (χ1v) is 5.81. The molecule has 2 rings (SSSR count). The fraction of sp³-hybridized carbons (Fsp3) is 0.462. The average Bonchev–Trinajstić information content (AvgIpc) is 2.27. The molecule has 1 aliphatic rings. The Morgan fingerprint density at radius 1 is 1.35 bits per heavy atom. The molecule has 3 nitrogen and oxygen atoms in total. The minimum absolute atomic E-state index is 0.102. The normalized spacial score (nSPS) is 24.5. The number of hydrogen-bond acceptors (Lipinski definition) is 3. The summed E-state index contributed by atoms with van der Waals surface area (Å²) in [5.41, 5.74) is 0.951. The van der Waals surface area contributed by atoms with Crippen molar-refractivity contribution >= 4 is 5.69 Å². The predicted molar refractivity (Wildman–Crippen MR) is 65.4 cm³/mol. The zero-order valence-electron chi connectivity index (χ0n) is 10.1. The van der Waals surface area contributed by atoms with Crippen LogP contribution in [-0.2, 0) is 0 Å². The van der Waals surface area contributed by atoms with Gasteiger partial charge in [-0.1, -0.05) is 0 Å². The average molecular weight is 233 g/mol. The zero-order valence-corrected chi connectivity index (χ0v) is 10.1. The monoisotopic (exact) mass is 233 g/mol. The van der Waals surface area contributed by atoms with Gasteiger partial charge in [-0.25, -0.2) is 4.39 Å². The van der Waals surface area contributed by atoms with Gasteiger partial charge in [0.15, 0.2) is 0 Å². The lowest BCUT2D eigenvalue weighted by atomic mass is 10.1. The van der Waals surface area contributed by atoms with E-state index in [0.717, 1.165) is 18.8 Å². The van der Waals surface area contributed by atoms with Crippen LogP contribution < -0.4 is 10.2 Å². The quantitative estimate of drug-likeness (QED) is 0.805. The van der Waals surface area contributed by atoms with E-state index in [0.29, 0.717) is 12.1 Å². The van der Waals surface area contributed by atoms with Gasteiger partial charge in [-0.15, -0.1) is 0 Å². The number of benzene rings is 1. The van der Waals surface area contributed by atoms with Crippen LogP contribution in [0, 0.1) is 17.1 Å². The van der Waals surface area contributed by atoms with Crippen molar-refractivity contribution in [2.24, 2.45) is 0 Å². The van der Waals surface area contributed by atoms with E-state index in [2.05, 4.69) is 24.1 Å². The Morgan fingerprint density at radius 3 is 2.53 bits per heavy atom. The largest absolute Gasteiger partial charge is 0.368 e. The number of piperazine rings is 1. The van der Waals surface area contributed by atoms with Crippen molar-refractivity contribution in [2.45, 2.75) is 25.9 Å². The van der Waals surface area contributed by atoms with E-state index in [1.165, 1.54) is 6.07 Å². The Kier molecular flexibility index (Phi) is 3.30. The highest BCUT2D eigenvalue weighted by Gasteiger charge is 2.21. The Balaban J connectivity index is 2.22. The van der Waals surface area contributed by atoms with Crippen LogP contribution in [0.2, 0.25) is 0 Å². The minimum atomic E-state index is -0.441. The number of nitrogens with zero attached hydrogens (tertiary/aromatic N) is 2. The third-order valence-corrected chi connectivity index (χ3v) is 3.00. The molecular weight excluding hydrogens is 217 g/mol. The molecule has 0 bridgehead atoms. The molecule has 1 aromatic carbocycles. The van der Waals surface area contributed by atoms with E-state index in [-0.39, 0.29) is 5.56 Å². The van der Waals surface area contributed by atoms with Crippen LogP contribution in [0.15, 0.2) is 18.2 Å². The fourth-order valence-electron chi connectivity index (χ4n) is 2.33. The van der Waals surface area contributed by atoms with Crippen molar-refractivity contribution in [1.29, 1.82) is 5.26 Å². The SMILES string of the molecule is CC1CN(c2ccc(C#N)c(F)c2)CC(C)N1. The molecule has 0 spiro atoms. The van der Waals surface area contributed by atoms with Crippen molar-refractivity contribution in [3.63, 3.8) is 0 Å².